The predicted molar refractivity (Wildman–Crippen MR) is 186 cm³/mol. The summed E-state index contributed by atoms with van der Waals surface area (Å²) in [4.78, 5) is 6.52. The molecule has 7 rings (SSSR count). The molecule has 1 saturated carbocycles. The fraction of sp³-hybridized carbons (Fsp3) is 0.487. The molecule has 3 aliphatic rings. The molecular formula is C39H48N2O3S. The normalized spacial score (nSPS) is 21.3. The molecule has 0 N–H and O–H groups in total. The zero-order valence-electron chi connectivity index (χ0n) is 26.8. The summed E-state index contributed by atoms with van der Waals surface area (Å²) in [6.45, 7) is 6.64. The number of piperidine rings is 1. The highest BCUT2D eigenvalue weighted by Crippen LogP contribution is 2.42. The Bertz CT molecular complexity index is 1520. The molecule has 2 saturated heterocycles. The molecule has 0 unspecified atom stereocenters. The predicted octanol–water partition coefficient (Wildman–Crippen LogP) is 8.82. The molecular weight excluding hydrogens is 577 g/mol. The molecule has 45 heavy (non-hydrogen) atoms. The minimum absolute atomic E-state index is 0.303. The quantitative estimate of drug-likeness (QED) is 0.167. The van der Waals surface area contributed by atoms with Crippen LogP contribution in [-0.2, 0) is 6.42 Å². The van der Waals surface area contributed by atoms with Gasteiger partial charge in [0.1, 0.15) is 30.0 Å². The fourth-order valence-electron chi connectivity index (χ4n) is 7.61. The molecule has 3 fully saturated rings. The molecule has 5 nitrogen and oxygen atoms in total. The second kappa shape index (κ2) is 14.6. The lowest BCUT2D eigenvalue weighted by Gasteiger charge is -2.41. The topological polar surface area (TPSA) is 34.2 Å². The summed E-state index contributed by atoms with van der Waals surface area (Å²) >= 11 is 1.85. The van der Waals surface area contributed by atoms with Gasteiger partial charge in [-0.3, -0.25) is 9.80 Å². The van der Waals surface area contributed by atoms with Crippen LogP contribution in [0.2, 0.25) is 0 Å². The first-order valence-electron chi connectivity index (χ1n) is 17.3. The lowest BCUT2D eigenvalue weighted by atomic mass is 9.90. The molecule has 0 amide bonds. The summed E-state index contributed by atoms with van der Waals surface area (Å²) in [6.07, 6.45) is 12.9. The van der Waals surface area contributed by atoms with Crippen LogP contribution in [0.4, 0.5) is 0 Å². The van der Waals surface area contributed by atoms with Crippen molar-refractivity contribution in [2.45, 2.75) is 76.4 Å². The maximum Gasteiger partial charge on any atom is 0.120 e. The average Bonchev–Trinajstić information content (AvgIpc) is 3.74. The second-order valence-electron chi connectivity index (χ2n) is 13.1. The van der Waals surface area contributed by atoms with Crippen LogP contribution >= 0.6 is 11.3 Å². The Labute approximate surface area is 273 Å². The number of nitrogens with zero attached hydrogens (tertiary/aromatic N) is 2. The molecule has 0 spiro atoms. The van der Waals surface area contributed by atoms with Gasteiger partial charge >= 0.3 is 0 Å². The summed E-state index contributed by atoms with van der Waals surface area (Å²) in [5.74, 6) is 2.85. The smallest absolute Gasteiger partial charge is 0.120 e. The van der Waals surface area contributed by atoms with Gasteiger partial charge in [-0.1, -0.05) is 25.0 Å². The Kier molecular flexibility index (Phi) is 9.91. The third kappa shape index (κ3) is 7.34. The Balaban J connectivity index is 1.07. The van der Waals surface area contributed by atoms with Gasteiger partial charge in [0.25, 0.3) is 0 Å². The molecule has 1 aromatic heterocycles. The van der Waals surface area contributed by atoms with E-state index in [0.29, 0.717) is 12.1 Å². The zero-order valence-corrected chi connectivity index (χ0v) is 27.7. The summed E-state index contributed by atoms with van der Waals surface area (Å²) in [6, 6.07) is 24.7. The van der Waals surface area contributed by atoms with Crippen LogP contribution in [0.15, 0.2) is 66.7 Å². The van der Waals surface area contributed by atoms with Crippen LogP contribution in [0.25, 0.3) is 20.5 Å². The fourth-order valence-corrected chi connectivity index (χ4v) is 8.87. The molecule has 4 aromatic rings. The molecule has 6 heteroatoms. The van der Waals surface area contributed by atoms with Crippen LogP contribution in [-0.4, -0.2) is 68.4 Å². The van der Waals surface area contributed by atoms with Gasteiger partial charge in [0.2, 0.25) is 0 Å². The number of rotatable bonds is 11. The van der Waals surface area contributed by atoms with Crippen molar-refractivity contribution in [3.63, 3.8) is 0 Å². The minimum Gasteiger partial charge on any atom is -0.497 e. The summed E-state index contributed by atoms with van der Waals surface area (Å²) in [5.41, 5.74) is 3.90. The standard InChI is InChI=1S/C39H48N2O3S/c1-42-33-19-20-34-35(39(45-38(34)28-33)30-13-17-31(18-14-30)43-26-25-40-21-7-8-22-40)27-29-11-15-32(16-12-29)44-37-10-4-3-9-36(37)41-23-5-2-6-24-41/h11-20,28,36-37H,2-10,21-27H2,1H3/t36-,37-/m1/s1. The highest BCUT2D eigenvalue weighted by molar-refractivity contribution is 7.22. The molecule has 2 atom stereocenters. The van der Waals surface area contributed by atoms with Crippen molar-refractivity contribution < 1.29 is 14.2 Å². The van der Waals surface area contributed by atoms with E-state index >= 15 is 0 Å². The number of hydrogen-bond donors (Lipinski definition) is 0. The number of fused-ring (bicyclic) bond motifs is 1. The van der Waals surface area contributed by atoms with E-state index in [0.717, 1.165) is 36.8 Å². The highest BCUT2D eigenvalue weighted by Gasteiger charge is 2.32. The summed E-state index contributed by atoms with van der Waals surface area (Å²) < 4.78 is 19.6. The van der Waals surface area contributed by atoms with Gasteiger partial charge in [0, 0.05) is 22.2 Å². The molecule has 2 aliphatic heterocycles. The van der Waals surface area contributed by atoms with Gasteiger partial charge in [0.05, 0.1) is 7.11 Å². The first-order valence-corrected chi connectivity index (χ1v) is 18.1. The average molecular weight is 625 g/mol. The van der Waals surface area contributed by atoms with E-state index in [9.17, 15) is 0 Å². The number of benzene rings is 3. The largest absolute Gasteiger partial charge is 0.497 e. The van der Waals surface area contributed by atoms with E-state index in [1.807, 2.05) is 11.3 Å². The summed E-state index contributed by atoms with van der Waals surface area (Å²) in [5, 5.41) is 1.30. The lowest BCUT2D eigenvalue weighted by Crippen LogP contribution is -2.49. The van der Waals surface area contributed by atoms with Gasteiger partial charge in [-0.15, -0.1) is 11.3 Å². The molecule has 3 heterocycles. The van der Waals surface area contributed by atoms with Crippen LogP contribution in [0.1, 0.15) is 68.9 Å². The number of hydrogen-bond acceptors (Lipinski definition) is 6. The second-order valence-corrected chi connectivity index (χ2v) is 14.2. The van der Waals surface area contributed by atoms with Gasteiger partial charge < -0.3 is 14.2 Å². The Morgan fingerprint density at radius 3 is 2.22 bits per heavy atom. The van der Waals surface area contributed by atoms with Crippen molar-refractivity contribution in [2.24, 2.45) is 0 Å². The van der Waals surface area contributed by atoms with Gasteiger partial charge in [-0.05, 0) is 154 Å². The van der Waals surface area contributed by atoms with E-state index in [1.165, 1.54) is 116 Å². The zero-order chi connectivity index (χ0) is 30.4. The van der Waals surface area contributed by atoms with Crippen LogP contribution < -0.4 is 14.2 Å². The van der Waals surface area contributed by atoms with E-state index in [2.05, 4.69) is 76.5 Å². The van der Waals surface area contributed by atoms with Crippen molar-refractivity contribution >= 4 is 21.4 Å². The first kappa shape index (κ1) is 30.6. The third-order valence-electron chi connectivity index (χ3n) is 10.1. The van der Waals surface area contributed by atoms with Crippen LogP contribution in [0.3, 0.4) is 0 Å². The number of methoxy groups -OCH3 is 1. The van der Waals surface area contributed by atoms with Crippen molar-refractivity contribution in [2.75, 3.05) is 46.4 Å². The van der Waals surface area contributed by atoms with Crippen molar-refractivity contribution in [1.82, 2.24) is 9.80 Å². The van der Waals surface area contributed by atoms with E-state index in [1.54, 1.807) is 7.11 Å². The number of likely N-dealkylation sites (tertiary alicyclic amines) is 2. The third-order valence-corrected chi connectivity index (χ3v) is 11.4. The van der Waals surface area contributed by atoms with Crippen LogP contribution in [0, 0.1) is 0 Å². The minimum atomic E-state index is 0.303. The summed E-state index contributed by atoms with van der Waals surface area (Å²) in [7, 11) is 1.74. The Morgan fingerprint density at radius 1 is 0.733 bits per heavy atom. The molecule has 238 valence electrons. The monoisotopic (exact) mass is 624 g/mol. The number of thiophene rings is 1. The molecule has 3 aromatic carbocycles. The SMILES string of the molecule is COc1ccc2c(Cc3ccc(O[C@@H]4CCCC[C@H]4N4CCCCC4)cc3)c(-c3ccc(OCCN4CCCC4)cc3)sc2c1. The van der Waals surface area contributed by atoms with E-state index in [4.69, 9.17) is 14.2 Å². The van der Waals surface area contributed by atoms with Crippen molar-refractivity contribution in [3.05, 3.63) is 77.9 Å². The van der Waals surface area contributed by atoms with Crippen LogP contribution in [0.5, 0.6) is 17.2 Å². The van der Waals surface area contributed by atoms with Gasteiger partial charge in [-0.25, -0.2) is 0 Å². The van der Waals surface area contributed by atoms with Gasteiger partial charge in [0.15, 0.2) is 0 Å². The van der Waals surface area contributed by atoms with Gasteiger partial charge in [-0.2, -0.15) is 0 Å². The maximum atomic E-state index is 6.70. The first-order chi connectivity index (χ1) is 22.2. The lowest BCUT2D eigenvalue weighted by molar-refractivity contribution is 0.0261. The van der Waals surface area contributed by atoms with Crippen molar-refractivity contribution in [3.8, 4) is 27.7 Å². The van der Waals surface area contributed by atoms with E-state index < -0.39 is 0 Å². The molecule has 1 aliphatic carbocycles. The molecule has 0 radical (unpaired) electrons. The number of ether oxygens (including phenoxy) is 3. The maximum absolute atomic E-state index is 6.70. The Hall–Kier alpha value is -3.06. The highest BCUT2D eigenvalue weighted by atomic mass is 32.1. The molecule has 0 bridgehead atoms. The van der Waals surface area contributed by atoms with E-state index in [-0.39, 0.29) is 0 Å². The Morgan fingerprint density at radius 2 is 1.44 bits per heavy atom. The van der Waals surface area contributed by atoms with Crippen molar-refractivity contribution in [1.29, 1.82) is 0 Å².